The van der Waals surface area contributed by atoms with E-state index in [1.165, 1.54) is 0 Å². The molecule has 0 saturated carbocycles. The molecule has 2 unspecified atom stereocenters. The van der Waals surface area contributed by atoms with Crippen LogP contribution in [-0.4, -0.2) is 71.8 Å². The zero-order valence-electron chi connectivity index (χ0n) is 18.4. The predicted octanol–water partition coefficient (Wildman–Crippen LogP) is 1.27. The van der Waals surface area contributed by atoms with Crippen molar-refractivity contribution >= 4 is 31.5 Å². The Morgan fingerprint density at radius 1 is 1.13 bits per heavy atom. The van der Waals surface area contributed by atoms with Gasteiger partial charge < -0.3 is 19.1 Å². The van der Waals surface area contributed by atoms with Crippen molar-refractivity contribution in [2.75, 3.05) is 13.1 Å². The minimum Gasteiger partial charge on any atom is -0.434 e. The molecule has 1 aliphatic rings. The molecule has 1 aromatic carbocycles. The van der Waals surface area contributed by atoms with Crippen molar-refractivity contribution in [3.63, 3.8) is 0 Å². The first kappa shape index (κ1) is 24.7. The summed E-state index contributed by atoms with van der Waals surface area (Å²) in [5.41, 5.74) is 3.70. The molecule has 0 aliphatic carbocycles. The highest BCUT2D eigenvalue weighted by Gasteiger charge is 2.41. The van der Waals surface area contributed by atoms with Gasteiger partial charge in [-0.15, -0.1) is 4.59 Å². The van der Waals surface area contributed by atoms with Crippen LogP contribution in [0.25, 0.3) is 0 Å². The van der Waals surface area contributed by atoms with E-state index in [0.29, 0.717) is 24.8 Å². The molecular weight excluding hydrogens is 420 g/mol. The number of carbonyl (C=O) groups is 2. The van der Waals surface area contributed by atoms with Crippen LogP contribution in [0.4, 0.5) is 4.79 Å². The Labute approximate surface area is 183 Å². The molecular formula is C20H35N2O6Si2+. The van der Waals surface area contributed by atoms with Crippen molar-refractivity contribution in [3.8, 4) is 0 Å². The van der Waals surface area contributed by atoms with Crippen molar-refractivity contribution in [2.24, 2.45) is 0 Å². The quantitative estimate of drug-likeness (QED) is 0.325. The number of quaternary nitrogens is 1. The van der Waals surface area contributed by atoms with Gasteiger partial charge in [0.15, 0.2) is 19.5 Å². The molecule has 0 bridgehead atoms. The number of benzene rings is 1. The topological polar surface area (TPSA) is 105 Å². The molecule has 0 radical (unpaired) electrons. The fourth-order valence-electron chi connectivity index (χ4n) is 3.79. The Morgan fingerprint density at radius 3 is 2.27 bits per heavy atom. The second-order valence-corrected chi connectivity index (χ2v) is 10.1. The Morgan fingerprint density at radius 2 is 1.73 bits per heavy atom. The maximum atomic E-state index is 12.8. The molecule has 1 aromatic rings. The fourth-order valence-corrected chi connectivity index (χ4v) is 5.61. The fraction of sp³-hybridized carbons (Fsp3) is 0.600. The van der Waals surface area contributed by atoms with E-state index in [2.05, 4.69) is 32.4 Å². The summed E-state index contributed by atoms with van der Waals surface area (Å²) in [6.07, 6.45) is -0.529. The standard InChI is InChI=1S/C20H34N2O6Si2/c1-20(2,18(27-29-3)28-30-4)15-9-7-14(8-10-15)17(24)21-22(19(25)26)12-5-6-16(23)11-13-22/h7-10,16,18,23H,5-6,11-13,29-30H2,1-4H3,(H-,21,24,25,26)/p+1. The number of hydrogen-bond acceptors (Lipinski definition) is 5. The van der Waals surface area contributed by atoms with Gasteiger partial charge in [-0.2, -0.15) is 10.2 Å². The number of likely N-dealkylation sites (tertiary alicyclic amines) is 1. The van der Waals surface area contributed by atoms with Gasteiger partial charge in [0.1, 0.15) is 19.4 Å². The summed E-state index contributed by atoms with van der Waals surface area (Å²) in [5, 5.41) is 19.6. The maximum absolute atomic E-state index is 12.8. The Kier molecular flexibility index (Phi) is 8.77. The third-order valence-electron chi connectivity index (χ3n) is 5.72. The minimum atomic E-state index is -1.11. The van der Waals surface area contributed by atoms with E-state index in [4.69, 9.17) is 8.85 Å². The number of amides is 2. The average molecular weight is 456 g/mol. The Hall–Kier alpha value is -1.57. The van der Waals surface area contributed by atoms with Crippen LogP contribution < -0.4 is 5.43 Å². The van der Waals surface area contributed by atoms with Crippen molar-refractivity contribution in [3.05, 3.63) is 35.4 Å². The number of aliphatic hydroxyl groups is 1. The molecule has 2 rings (SSSR count). The lowest BCUT2D eigenvalue weighted by molar-refractivity contribution is -0.891. The molecule has 1 fully saturated rings. The maximum Gasteiger partial charge on any atom is 0.538 e. The van der Waals surface area contributed by atoms with Crippen molar-refractivity contribution in [1.82, 2.24) is 5.43 Å². The molecule has 1 aliphatic heterocycles. The number of rotatable bonds is 7. The molecule has 8 nitrogen and oxygen atoms in total. The number of nitrogens with one attached hydrogen (secondary N) is 1. The minimum absolute atomic E-state index is 0.158. The monoisotopic (exact) mass is 455 g/mol. The second kappa shape index (κ2) is 10.6. The van der Waals surface area contributed by atoms with E-state index in [1.54, 1.807) is 12.1 Å². The summed E-state index contributed by atoms with van der Waals surface area (Å²) in [4.78, 5) is 24.8. The SMILES string of the molecule is C[SiH2]OC(O[SiH2]C)C(C)(C)c1ccc(C(=O)N[N+]2(C(=O)O)CCCC(O)CC2)cc1. The molecule has 2 atom stereocenters. The van der Waals surface area contributed by atoms with Crippen LogP contribution >= 0.6 is 0 Å². The van der Waals surface area contributed by atoms with Crippen LogP contribution in [-0.2, 0) is 14.3 Å². The number of carbonyl (C=O) groups excluding carboxylic acids is 1. The van der Waals surface area contributed by atoms with Crippen LogP contribution in [0, 0.1) is 0 Å². The van der Waals surface area contributed by atoms with Crippen molar-refractivity contribution in [1.29, 1.82) is 0 Å². The summed E-state index contributed by atoms with van der Waals surface area (Å²) >= 11 is 0. The van der Waals surface area contributed by atoms with E-state index >= 15 is 0 Å². The summed E-state index contributed by atoms with van der Waals surface area (Å²) in [7, 11) is -1.28. The van der Waals surface area contributed by atoms with Gasteiger partial charge in [-0.1, -0.05) is 39.1 Å². The molecule has 2 amide bonds. The molecule has 0 spiro atoms. The van der Waals surface area contributed by atoms with Crippen molar-refractivity contribution in [2.45, 2.75) is 64.0 Å². The van der Waals surface area contributed by atoms with E-state index in [1.807, 2.05) is 12.1 Å². The lowest BCUT2D eigenvalue weighted by Crippen LogP contribution is -2.63. The van der Waals surface area contributed by atoms with Gasteiger partial charge in [0.05, 0.1) is 6.10 Å². The summed E-state index contributed by atoms with van der Waals surface area (Å²) in [5.74, 6) is -0.441. The molecule has 30 heavy (non-hydrogen) atoms. The second-order valence-electron chi connectivity index (χ2n) is 8.26. The van der Waals surface area contributed by atoms with Gasteiger partial charge in [-0.25, -0.2) is 0 Å². The van der Waals surface area contributed by atoms with Gasteiger partial charge >= 0.3 is 6.09 Å². The van der Waals surface area contributed by atoms with Crippen LogP contribution in [0.3, 0.4) is 0 Å². The van der Waals surface area contributed by atoms with Gasteiger partial charge in [0.25, 0.3) is 5.91 Å². The van der Waals surface area contributed by atoms with Gasteiger partial charge in [0.2, 0.25) is 0 Å². The van der Waals surface area contributed by atoms with E-state index < -0.39 is 42.2 Å². The highest BCUT2D eigenvalue weighted by atomic mass is 28.2. The summed E-state index contributed by atoms with van der Waals surface area (Å²) < 4.78 is 11.3. The highest BCUT2D eigenvalue weighted by molar-refractivity contribution is 6.26. The summed E-state index contributed by atoms with van der Waals surface area (Å²) in [6, 6.07) is 7.17. The Balaban J connectivity index is 2.18. The van der Waals surface area contributed by atoms with Crippen LogP contribution in [0.2, 0.25) is 13.1 Å². The first-order valence-electron chi connectivity index (χ1n) is 10.6. The van der Waals surface area contributed by atoms with Gasteiger partial charge in [-0.3, -0.25) is 4.79 Å². The molecule has 0 aromatic heterocycles. The number of hydrogen-bond donors (Lipinski definition) is 3. The lowest BCUT2D eigenvalue weighted by Gasteiger charge is -2.35. The Bertz CT molecular complexity index is 725. The molecule has 168 valence electrons. The normalized spacial score (nSPS) is 24.2. The van der Waals surface area contributed by atoms with Gasteiger partial charge in [-0.05, 0) is 24.1 Å². The number of carboxylic acid groups (broad SMARTS) is 1. The van der Waals surface area contributed by atoms with Gasteiger partial charge in [0, 0.05) is 23.8 Å². The zero-order valence-corrected chi connectivity index (χ0v) is 21.2. The number of aliphatic hydroxyl groups excluding tert-OH is 1. The smallest absolute Gasteiger partial charge is 0.434 e. The zero-order chi connectivity index (χ0) is 22.4. The van der Waals surface area contributed by atoms with E-state index in [9.17, 15) is 19.8 Å². The van der Waals surface area contributed by atoms with Crippen LogP contribution in [0.1, 0.15) is 49.0 Å². The van der Waals surface area contributed by atoms with E-state index in [-0.39, 0.29) is 24.8 Å². The average Bonchev–Trinajstić information content (AvgIpc) is 2.90. The lowest BCUT2D eigenvalue weighted by atomic mass is 9.83. The highest BCUT2D eigenvalue weighted by Crippen LogP contribution is 2.30. The molecule has 1 saturated heterocycles. The molecule has 3 N–H and O–H groups in total. The molecule has 1 heterocycles. The summed E-state index contributed by atoms with van der Waals surface area (Å²) in [6.45, 7) is 8.68. The van der Waals surface area contributed by atoms with Crippen LogP contribution in [0.5, 0.6) is 0 Å². The third-order valence-corrected chi connectivity index (χ3v) is 6.99. The first-order valence-corrected chi connectivity index (χ1v) is 14.6. The predicted molar refractivity (Wildman–Crippen MR) is 120 cm³/mol. The first-order chi connectivity index (χ1) is 14.2. The largest absolute Gasteiger partial charge is 0.538 e. The van der Waals surface area contributed by atoms with Crippen molar-refractivity contribution < 1.29 is 33.2 Å². The number of nitrogens with zero attached hydrogens (tertiary/aromatic N) is 1. The third kappa shape index (κ3) is 5.77. The van der Waals surface area contributed by atoms with E-state index in [0.717, 1.165) is 5.56 Å². The van der Waals surface area contributed by atoms with Crippen LogP contribution in [0.15, 0.2) is 24.3 Å². The molecule has 10 heteroatoms.